The molecule has 1 aliphatic rings. The molecule has 2 aromatic rings. The fourth-order valence-corrected chi connectivity index (χ4v) is 3.04. The van der Waals surface area contributed by atoms with Crippen molar-refractivity contribution in [1.29, 1.82) is 0 Å². The van der Waals surface area contributed by atoms with Gasteiger partial charge in [0.15, 0.2) is 0 Å². The van der Waals surface area contributed by atoms with E-state index in [1.54, 1.807) is 42.5 Å². The van der Waals surface area contributed by atoms with E-state index < -0.39 is 11.8 Å². The lowest BCUT2D eigenvalue weighted by atomic mass is 10.2. The first kappa shape index (κ1) is 17.6. The van der Waals surface area contributed by atoms with Crippen LogP contribution in [0.25, 0.3) is 0 Å². The maximum Gasteiger partial charge on any atom is 0.283 e. The first-order valence-electron chi connectivity index (χ1n) is 7.07. The molecule has 3 rings (SSSR count). The van der Waals surface area contributed by atoms with Crippen LogP contribution in [0.2, 0.25) is 10.0 Å². The molecule has 0 unspecified atom stereocenters. The molecule has 1 N–H and O–H groups in total. The summed E-state index contributed by atoms with van der Waals surface area (Å²) in [5.41, 5.74) is 0.704. The van der Waals surface area contributed by atoms with E-state index in [0.717, 1.165) is 4.90 Å². The standard InChI is InChI=1S/C17H11Cl3N2O3/c1-25-13-7-6-9(8-11(13)19)21-15-14(20)16(23)22(17(15)24)12-5-3-2-4-10(12)18/h2-8,21H,1H3. The highest BCUT2D eigenvalue weighted by Gasteiger charge is 2.39. The summed E-state index contributed by atoms with van der Waals surface area (Å²) in [6.07, 6.45) is 0. The maximum atomic E-state index is 12.7. The van der Waals surface area contributed by atoms with E-state index >= 15 is 0 Å². The van der Waals surface area contributed by atoms with Crippen LogP contribution in [0.3, 0.4) is 0 Å². The molecule has 128 valence electrons. The molecule has 1 heterocycles. The molecular formula is C17H11Cl3N2O3. The monoisotopic (exact) mass is 396 g/mol. The molecule has 1 aliphatic heterocycles. The molecule has 0 bridgehead atoms. The second-order valence-electron chi connectivity index (χ2n) is 5.06. The van der Waals surface area contributed by atoms with Gasteiger partial charge in [0, 0.05) is 5.69 Å². The van der Waals surface area contributed by atoms with Crippen molar-refractivity contribution in [3.8, 4) is 5.75 Å². The average Bonchev–Trinajstić information content (AvgIpc) is 2.79. The molecule has 0 atom stereocenters. The van der Waals surface area contributed by atoms with Gasteiger partial charge in [-0.2, -0.15) is 0 Å². The summed E-state index contributed by atoms with van der Waals surface area (Å²) in [6.45, 7) is 0. The van der Waals surface area contributed by atoms with Crippen molar-refractivity contribution in [3.63, 3.8) is 0 Å². The lowest BCUT2D eigenvalue weighted by Crippen LogP contribution is -2.32. The third-order valence-electron chi connectivity index (χ3n) is 3.54. The van der Waals surface area contributed by atoms with Crippen LogP contribution in [-0.4, -0.2) is 18.9 Å². The third-order valence-corrected chi connectivity index (χ3v) is 4.51. The number of hydrogen-bond acceptors (Lipinski definition) is 4. The van der Waals surface area contributed by atoms with Crippen molar-refractivity contribution in [1.82, 2.24) is 0 Å². The van der Waals surface area contributed by atoms with E-state index in [1.807, 2.05) is 0 Å². The van der Waals surface area contributed by atoms with Gasteiger partial charge in [-0.1, -0.05) is 46.9 Å². The molecule has 8 heteroatoms. The van der Waals surface area contributed by atoms with Crippen molar-refractivity contribution in [2.75, 3.05) is 17.3 Å². The molecule has 0 saturated heterocycles. The normalized spacial score (nSPS) is 14.3. The number of carbonyl (C=O) groups is 2. The van der Waals surface area contributed by atoms with E-state index in [2.05, 4.69) is 5.32 Å². The van der Waals surface area contributed by atoms with Crippen LogP contribution in [0, 0.1) is 0 Å². The Kier molecular flexibility index (Phi) is 4.90. The number of benzene rings is 2. The predicted molar refractivity (Wildman–Crippen MR) is 98.5 cm³/mol. The Morgan fingerprint density at radius 2 is 1.68 bits per heavy atom. The number of rotatable bonds is 4. The maximum absolute atomic E-state index is 12.7. The van der Waals surface area contributed by atoms with Crippen LogP contribution in [0.5, 0.6) is 5.75 Å². The summed E-state index contributed by atoms with van der Waals surface area (Å²) in [5, 5.41) is 3.23. The molecular weight excluding hydrogens is 387 g/mol. The van der Waals surface area contributed by atoms with Crippen molar-refractivity contribution in [2.24, 2.45) is 0 Å². The van der Waals surface area contributed by atoms with Crippen molar-refractivity contribution in [3.05, 3.63) is 63.2 Å². The number of para-hydroxylation sites is 1. The lowest BCUT2D eigenvalue weighted by molar-refractivity contribution is -0.120. The molecule has 0 aromatic heterocycles. The van der Waals surface area contributed by atoms with Gasteiger partial charge in [-0.3, -0.25) is 9.59 Å². The minimum Gasteiger partial charge on any atom is -0.495 e. The van der Waals surface area contributed by atoms with Gasteiger partial charge < -0.3 is 10.1 Å². The lowest BCUT2D eigenvalue weighted by Gasteiger charge is -2.16. The largest absolute Gasteiger partial charge is 0.495 e. The highest BCUT2D eigenvalue weighted by Crippen LogP contribution is 2.35. The molecule has 0 saturated carbocycles. The van der Waals surface area contributed by atoms with Crippen LogP contribution >= 0.6 is 34.8 Å². The minimum absolute atomic E-state index is 0.0483. The highest BCUT2D eigenvalue weighted by molar-refractivity contribution is 6.53. The van der Waals surface area contributed by atoms with Crippen LogP contribution in [0.4, 0.5) is 11.4 Å². The second-order valence-corrected chi connectivity index (χ2v) is 6.25. The van der Waals surface area contributed by atoms with Gasteiger partial charge in [-0.25, -0.2) is 4.90 Å². The highest BCUT2D eigenvalue weighted by atomic mass is 35.5. The summed E-state index contributed by atoms with van der Waals surface area (Å²) in [6, 6.07) is 11.4. The van der Waals surface area contributed by atoms with Crippen molar-refractivity contribution < 1.29 is 14.3 Å². The number of nitrogens with zero attached hydrogens (tertiary/aromatic N) is 1. The van der Waals surface area contributed by atoms with Gasteiger partial charge in [0.05, 0.1) is 22.8 Å². The quantitative estimate of drug-likeness (QED) is 0.775. The molecule has 0 aliphatic carbocycles. The van der Waals surface area contributed by atoms with Crippen LogP contribution in [0.15, 0.2) is 53.2 Å². The number of hydrogen-bond donors (Lipinski definition) is 1. The summed E-state index contributed by atoms with van der Waals surface area (Å²) < 4.78 is 5.08. The van der Waals surface area contributed by atoms with Gasteiger partial charge >= 0.3 is 0 Å². The molecule has 25 heavy (non-hydrogen) atoms. The van der Waals surface area contributed by atoms with Gasteiger partial charge in [0.2, 0.25) is 0 Å². The molecule has 0 spiro atoms. The first-order chi connectivity index (χ1) is 11.9. The smallest absolute Gasteiger partial charge is 0.283 e. The SMILES string of the molecule is COc1ccc(NC2=C(Cl)C(=O)N(c3ccccc3Cl)C2=O)cc1Cl. The molecule has 0 radical (unpaired) electrons. The summed E-state index contributed by atoms with van der Waals surface area (Å²) >= 11 is 18.2. The van der Waals surface area contributed by atoms with E-state index in [0.29, 0.717) is 16.5 Å². The van der Waals surface area contributed by atoms with Gasteiger partial charge in [-0.05, 0) is 30.3 Å². The number of halogens is 3. The van der Waals surface area contributed by atoms with E-state index in [1.165, 1.54) is 7.11 Å². The molecule has 2 aromatic carbocycles. The number of methoxy groups -OCH3 is 1. The van der Waals surface area contributed by atoms with E-state index in [9.17, 15) is 9.59 Å². The Labute approximate surface area is 158 Å². The number of anilines is 2. The summed E-state index contributed by atoms with van der Waals surface area (Å²) in [5.74, 6) is -0.768. The zero-order chi connectivity index (χ0) is 18.1. The predicted octanol–water partition coefficient (Wildman–Crippen LogP) is 4.44. The topological polar surface area (TPSA) is 58.6 Å². The van der Waals surface area contributed by atoms with E-state index in [-0.39, 0.29) is 21.4 Å². The summed E-state index contributed by atoms with van der Waals surface area (Å²) in [7, 11) is 1.49. The first-order valence-corrected chi connectivity index (χ1v) is 8.21. The Balaban J connectivity index is 1.92. The Morgan fingerprint density at radius 3 is 2.32 bits per heavy atom. The van der Waals surface area contributed by atoms with Gasteiger partial charge in [-0.15, -0.1) is 0 Å². The number of carbonyl (C=O) groups excluding carboxylic acids is 2. The Morgan fingerprint density at radius 1 is 0.960 bits per heavy atom. The van der Waals surface area contributed by atoms with E-state index in [4.69, 9.17) is 39.5 Å². The van der Waals surface area contributed by atoms with Crippen molar-refractivity contribution >= 4 is 58.0 Å². The van der Waals surface area contributed by atoms with Crippen LogP contribution in [0.1, 0.15) is 0 Å². The fourth-order valence-electron chi connectivity index (χ4n) is 2.35. The van der Waals surface area contributed by atoms with Gasteiger partial charge in [0.1, 0.15) is 16.5 Å². The molecule has 0 fully saturated rings. The van der Waals surface area contributed by atoms with Crippen LogP contribution < -0.4 is 15.0 Å². The minimum atomic E-state index is -0.651. The van der Waals surface area contributed by atoms with Crippen LogP contribution in [-0.2, 0) is 9.59 Å². The summed E-state index contributed by atoms with van der Waals surface area (Å²) in [4.78, 5) is 26.0. The van der Waals surface area contributed by atoms with Gasteiger partial charge in [0.25, 0.3) is 11.8 Å². The molecule has 5 nitrogen and oxygen atoms in total. The number of ether oxygens (including phenoxy) is 1. The Bertz CT molecular complexity index is 912. The number of nitrogens with one attached hydrogen (secondary N) is 1. The zero-order valence-electron chi connectivity index (χ0n) is 12.8. The zero-order valence-corrected chi connectivity index (χ0v) is 15.1. The second kappa shape index (κ2) is 6.96. The Hall–Kier alpha value is -2.21. The van der Waals surface area contributed by atoms with Crippen molar-refractivity contribution in [2.45, 2.75) is 0 Å². The third kappa shape index (κ3) is 3.18. The fraction of sp³-hybridized carbons (Fsp3) is 0.0588. The average molecular weight is 398 g/mol. The number of amides is 2. The number of imide groups is 1. The molecule has 2 amide bonds.